The molecular formula is C62H63BF12N2O2. The molecule has 0 unspecified atom stereocenters. The topological polar surface area (TPSA) is 35.8 Å². The van der Waals surface area contributed by atoms with Gasteiger partial charge in [-0.15, -0.1) is 0 Å². The zero-order valence-electron chi connectivity index (χ0n) is 46.0. The number of hydrogen-bond acceptors (Lipinski definition) is 3. The van der Waals surface area contributed by atoms with E-state index in [9.17, 15) is 26.3 Å². The Bertz CT molecular complexity index is 3200. The van der Waals surface area contributed by atoms with Crippen LogP contribution in [0, 0.1) is 0 Å². The highest BCUT2D eigenvalue weighted by Gasteiger charge is 2.60. The van der Waals surface area contributed by atoms with E-state index in [0.717, 1.165) is 32.8 Å². The lowest BCUT2D eigenvalue weighted by Gasteiger charge is -2.28. The Kier molecular flexibility index (Phi) is 16.5. The third-order valence-corrected chi connectivity index (χ3v) is 13.8. The van der Waals surface area contributed by atoms with E-state index >= 15 is 26.3 Å². The fourth-order valence-corrected chi connectivity index (χ4v) is 8.99. The number of hydrogen-bond donors (Lipinski definition) is 0. The van der Waals surface area contributed by atoms with Gasteiger partial charge in [-0.2, -0.15) is 43.9 Å². The maximum absolute atomic E-state index is 15.9. The Morgan fingerprint density at radius 3 is 1.27 bits per heavy atom. The highest BCUT2D eigenvalue weighted by Crippen LogP contribution is 2.49. The van der Waals surface area contributed by atoms with Gasteiger partial charge in [0.2, 0.25) is 0 Å². The van der Waals surface area contributed by atoms with Crippen LogP contribution < -0.4 is 0 Å². The lowest BCUT2D eigenvalue weighted by atomic mass is 9.84. The van der Waals surface area contributed by atoms with Crippen LogP contribution in [0.3, 0.4) is 0 Å². The van der Waals surface area contributed by atoms with E-state index in [4.69, 9.17) is 14.3 Å². The molecule has 6 aromatic rings. The molecule has 7 rings (SSSR count). The van der Waals surface area contributed by atoms with Crippen LogP contribution in [0.15, 0.2) is 144 Å². The molecular weight excluding hydrogens is 1040 g/mol. The molecule has 0 fully saturated rings. The van der Waals surface area contributed by atoms with Crippen LogP contribution in [0.5, 0.6) is 0 Å². The number of nitrogens with zero attached hydrogens (tertiary/aromatic N) is 2. The quantitative estimate of drug-likeness (QED) is 0.0805. The molecule has 0 amide bonds. The van der Waals surface area contributed by atoms with Crippen molar-refractivity contribution in [3.63, 3.8) is 0 Å². The van der Waals surface area contributed by atoms with Crippen LogP contribution >= 0.6 is 0 Å². The lowest BCUT2D eigenvalue weighted by Crippen LogP contribution is -2.48. The molecule has 0 saturated carbocycles. The number of alkyl halides is 12. The van der Waals surface area contributed by atoms with Crippen molar-refractivity contribution in [2.24, 2.45) is 4.99 Å². The lowest BCUT2D eigenvalue weighted by molar-refractivity contribution is -0.295. The minimum Gasteiger partial charge on any atom is -0.385 e. The van der Waals surface area contributed by atoms with E-state index in [1.807, 2.05) is 119 Å². The van der Waals surface area contributed by atoms with Gasteiger partial charge in [0.1, 0.15) is 13.2 Å². The second-order valence-electron chi connectivity index (χ2n) is 24.0. The zero-order chi connectivity index (χ0) is 58.6. The normalized spacial score (nSPS) is 14.9. The van der Waals surface area contributed by atoms with Gasteiger partial charge < -0.3 is 13.8 Å². The van der Waals surface area contributed by atoms with Crippen LogP contribution in [-0.4, -0.2) is 54.9 Å². The minimum absolute atomic E-state index is 0.0184. The third kappa shape index (κ3) is 13.1. The number of rotatable bonds is 14. The molecule has 0 N–H and O–H groups in total. The predicted molar refractivity (Wildman–Crippen MR) is 290 cm³/mol. The van der Waals surface area contributed by atoms with Crippen molar-refractivity contribution in [3.8, 4) is 22.4 Å². The molecule has 5 aromatic carbocycles. The van der Waals surface area contributed by atoms with Gasteiger partial charge in [-0.3, -0.25) is 0 Å². The fourth-order valence-electron chi connectivity index (χ4n) is 8.99. The van der Waals surface area contributed by atoms with Crippen LogP contribution in [0.4, 0.5) is 52.7 Å². The first-order valence-corrected chi connectivity index (χ1v) is 25.5. The first kappa shape index (κ1) is 60.3. The molecule has 17 heteroatoms. The van der Waals surface area contributed by atoms with Crippen LogP contribution in [0.25, 0.3) is 33.5 Å². The van der Waals surface area contributed by atoms with Crippen molar-refractivity contribution in [1.29, 1.82) is 0 Å². The summed E-state index contributed by atoms with van der Waals surface area (Å²) in [6.07, 6.45) is -14.2. The smallest absolute Gasteiger partial charge is 0.385 e. The Balaban J connectivity index is 1.74. The SMILES string of the molecule is CC(C)(C)c1ccc(C2=CC(c3ccc(C(C)(C)C)cc3)=N/C2=C(/c2ccccc2C(F)F)c2c(-c3ccc(C(C)(C)C)cc3)cc(-c3ccc(C(C)(C)C)cc3)n2B(OCC(F)(F)C(F)(F)F)OCC(F)(F)C(F)(F)F)cc1. The van der Waals surface area contributed by atoms with Gasteiger partial charge in [-0.25, -0.2) is 13.8 Å². The van der Waals surface area contributed by atoms with Gasteiger partial charge in [0.15, 0.2) is 0 Å². The van der Waals surface area contributed by atoms with Crippen molar-refractivity contribution >= 4 is 24.1 Å². The molecule has 0 spiro atoms. The Morgan fingerprint density at radius 2 is 0.873 bits per heavy atom. The minimum atomic E-state index is -6.32. The summed E-state index contributed by atoms with van der Waals surface area (Å²) >= 11 is 0. The molecule has 1 aromatic heterocycles. The monoisotopic (exact) mass is 1110 g/mol. The number of aliphatic imine (C=N–C) groups is 1. The van der Waals surface area contributed by atoms with Crippen molar-refractivity contribution in [3.05, 3.63) is 189 Å². The van der Waals surface area contributed by atoms with E-state index in [2.05, 4.69) is 0 Å². The molecule has 0 radical (unpaired) electrons. The van der Waals surface area contributed by atoms with E-state index in [-0.39, 0.29) is 61.3 Å². The summed E-state index contributed by atoms with van der Waals surface area (Å²) in [4.78, 5) is 5.20. The van der Waals surface area contributed by atoms with E-state index < -0.39 is 67.5 Å². The van der Waals surface area contributed by atoms with Gasteiger partial charge in [0, 0.05) is 33.5 Å². The van der Waals surface area contributed by atoms with Crippen molar-refractivity contribution < 1.29 is 62.0 Å². The summed E-state index contributed by atoms with van der Waals surface area (Å²) in [6.45, 7) is 18.3. The second kappa shape index (κ2) is 21.6. The van der Waals surface area contributed by atoms with Gasteiger partial charge in [-0.05, 0) is 78.3 Å². The van der Waals surface area contributed by atoms with Crippen LogP contribution in [0.1, 0.15) is 140 Å². The molecule has 2 heterocycles. The van der Waals surface area contributed by atoms with Gasteiger partial charge in [0.25, 0.3) is 6.43 Å². The number of halogens is 12. The number of allylic oxidation sites excluding steroid dienone is 2. The van der Waals surface area contributed by atoms with Crippen molar-refractivity contribution in [2.45, 2.75) is 135 Å². The summed E-state index contributed by atoms with van der Waals surface area (Å²) in [6, 6.07) is 34.5. The van der Waals surface area contributed by atoms with E-state index in [1.165, 1.54) is 36.4 Å². The predicted octanol–water partition coefficient (Wildman–Crippen LogP) is 18.6. The summed E-state index contributed by atoms with van der Waals surface area (Å²) in [5.74, 6) is -11.5. The third-order valence-electron chi connectivity index (χ3n) is 13.8. The highest BCUT2D eigenvalue weighted by molar-refractivity contribution is 6.44. The summed E-state index contributed by atoms with van der Waals surface area (Å²) in [7, 11) is -3.00. The zero-order valence-corrected chi connectivity index (χ0v) is 46.0. The van der Waals surface area contributed by atoms with E-state index in [0.29, 0.717) is 16.8 Å². The summed E-state index contributed by atoms with van der Waals surface area (Å²) < 4.78 is 189. The van der Waals surface area contributed by atoms with Gasteiger partial charge >= 0.3 is 31.5 Å². The van der Waals surface area contributed by atoms with Crippen molar-refractivity contribution in [2.75, 3.05) is 13.2 Å². The van der Waals surface area contributed by atoms with Crippen LogP contribution in [0.2, 0.25) is 0 Å². The van der Waals surface area contributed by atoms with Crippen molar-refractivity contribution in [1.82, 2.24) is 4.48 Å². The molecule has 1 aliphatic rings. The average Bonchev–Trinajstić information content (AvgIpc) is 4.12. The molecule has 1 aliphatic heterocycles. The fraction of sp³-hybridized carbons (Fsp3) is 0.371. The van der Waals surface area contributed by atoms with E-state index in [1.54, 1.807) is 54.6 Å². The van der Waals surface area contributed by atoms with Crippen LogP contribution in [-0.2, 0) is 31.0 Å². The summed E-state index contributed by atoms with van der Waals surface area (Å²) in [5, 5.41) is 0. The maximum Gasteiger partial charge on any atom is 0.598 e. The molecule has 0 saturated heterocycles. The molecule has 0 bridgehead atoms. The molecule has 4 nitrogen and oxygen atoms in total. The molecule has 79 heavy (non-hydrogen) atoms. The summed E-state index contributed by atoms with van der Waals surface area (Å²) in [5.41, 5.74) is 2.00. The number of benzene rings is 5. The first-order valence-electron chi connectivity index (χ1n) is 25.5. The molecule has 0 atom stereocenters. The second-order valence-corrected chi connectivity index (χ2v) is 24.0. The first-order chi connectivity index (χ1) is 36.3. The molecule has 0 aliphatic carbocycles. The largest absolute Gasteiger partial charge is 0.598 e. The molecule has 420 valence electrons. The standard InChI is InChI=1S/C62H63BF12N2O2/c1-55(2,3)41-25-17-37(18-26-41)47-33-49(39-21-29-43(30-22-39)57(7,8)9)76-52(47)51(45-15-13-14-16-46(45)54(64)65)53-48(38-19-27-42(28-20-38)56(4,5)6)34-50(40-23-31-44(32-24-40)58(10,11)12)77(53)63(78-35-59(66,67)61(70,71)72)79-36-60(68,69)62(73,74)75/h13-34,54H,35-36H2,1-12H3/b52-51-. The van der Waals surface area contributed by atoms with Gasteiger partial charge in [0.05, 0.1) is 17.1 Å². The Morgan fingerprint density at radius 1 is 0.494 bits per heavy atom. The van der Waals surface area contributed by atoms with Gasteiger partial charge in [-0.1, -0.05) is 204 Å². The Labute approximate surface area is 454 Å². The highest BCUT2D eigenvalue weighted by atomic mass is 19.4. The average molecular weight is 1110 g/mol. The Hall–Kier alpha value is -6.33. The number of aromatic nitrogens is 1. The maximum atomic E-state index is 15.9.